The molecule has 0 spiro atoms. The van der Waals surface area contributed by atoms with Crippen LogP contribution in [0.5, 0.6) is 0 Å². The van der Waals surface area contributed by atoms with Crippen molar-refractivity contribution >= 4 is 11.9 Å². The molecule has 0 heterocycles. The van der Waals surface area contributed by atoms with Crippen LogP contribution in [0.15, 0.2) is 0 Å². The molecular weight excluding hydrogens is 266 g/mol. The summed E-state index contributed by atoms with van der Waals surface area (Å²) in [6, 6.07) is 0.115. The molecule has 1 amide bonds. The second kappa shape index (κ2) is 8.40. The van der Waals surface area contributed by atoms with E-state index in [0.29, 0.717) is 18.8 Å². The predicted molar refractivity (Wildman–Crippen MR) is 84.1 cm³/mol. The van der Waals surface area contributed by atoms with Gasteiger partial charge in [-0.1, -0.05) is 52.4 Å². The van der Waals surface area contributed by atoms with Gasteiger partial charge in [-0.25, -0.2) is 0 Å². The van der Waals surface area contributed by atoms with E-state index in [9.17, 15) is 14.7 Å². The summed E-state index contributed by atoms with van der Waals surface area (Å²) < 4.78 is 0. The van der Waals surface area contributed by atoms with Gasteiger partial charge in [0.25, 0.3) is 0 Å². The average Bonchev–Trinajstić information content (AvgIpc) is 2.66. The summed E-state index contributed by atoms with van der Waals surface area (Å²) >= 11 is 0. The molecule has 4 heteroatoms. The summed E-state index contributed by atoms with van der Waals surface area (Å²) in [5, 5.41) is 12.6. The normalized spacial score (nSPS) is 19.8. The van der Waals surface area contributed by atoms with Gasteiger partial charge in [-0.3, -0.25) is 9.59 Å². The Labute approximate surface area is 128 Å². The van der Waals surface area contributed by atoms with Gasteiger partial charge < -0.3 is 10.4 Å². The minimum atomic E-state index is -0.839. The van der Waals surface area contributed by atoms with Crippen LogP contribution in [0.4, 0.5) is 0 Å². The fourth-order valence-electron chi connectivity index (χ4n) is 3.60. The molecular formula is C17H31NO3. The van der Waals surface area contributed by atoms with Crippen LogP contribution in [0.2, 0.25) is 0 Å². The lowest BCUT2D eigenvalue weighted by Crippen LogP contribution is -2.42. The van der Waals surface area contributed by atoms with Gasteiger partial charge in [0, 0.05) is 12.5 Å². The van der Waals surface area contributed by atoms with Crippen molar-refractivity contribution in [3.8, 4) is 0 Å². The highest BCUT2D eigenvalue weighted by Gasteiger charge is 2.40. The molecule has 0 radical (unpaired) electrons. The van der Waals surface area contributed by atoms with E-state index in [0.717, 1.165) is 38.5 Å². The van der Waals surface area contributed by atoms with Crippen molar-refractivity contribution in [3.05, 3.63) is 0 Å². The van der Waals surface area contributed by atoms with Crippen LogP contribution < -0.4 is 5.32 Å². The van der Waals surface area contributed by atoms with Crippen molar-refractivity contribution in [2.24, 2.45) is 11.3 Å². The minimum absolute atomic E-state index is 0.0984. The van der Waals surface area contributed by atoms with Gasteiger partial charge >= 0.3 is 5.97 Å². The molecule has 21 heavy (non-hydrogen) atoms. The number of carbonyl (C=O) groups is 2. The van der Waals surface area contributed by atoms with Gasteiger partial charge in [0.05, 0.1) is 5.41 Å². The minimum Gasteiger partial charge on any atom is -0.481 e. The van der Waals surface area contributed by atoms with E-state index in [1.165, 1.54) is 0 Å². The van der Waals surface area contributed by atoms with E-state index in [1.54, 1.807) is 0 Å². The van der Waals surface area contributed by atoms with Crippen LogP contribution in [0.3, 0.4) is 0 Å². The number of carboxylic acids is 1. The van der Waals surface area contributed by atoms with Gasteiger partial charge in [0.1, 0.15) is 0 Å². The Balaban J connectivity index is 2.66. The topological polar surface area (TPSA) is 66.4 Å². The Morgan fingerprint density at radius 3 is 2.05 bits per heavy atom. The molecule has 2 N–H and O–H groups in total. The van der Waals surface area contributed by atoms with Gasteiger partial charge in [-0.15, -0.1) is 0 Å². The molecule has 122 valence electrons. The summed E-state index contributed by atoms with van der Waals surface area (Å²) in [7, 11) is 0. The fraction of sp³-hybridized carbons (Fsp3) is 0.882. The third kappa shape index (κ3) is 5.01. The van der Waals surface area contributed by atoms with Gasteiger partial charge in [0.15, 0.2) is 0 Å². The summed E-state index contributed by atoms with van der Waals surface area (Å²) in [5.74, 6) is -0.433. The molecule has 0 saturated heterocycles. The van der Waals surface area contributed by atoms with Gasteiger partial charge in [-0.2, -0.15) is 0 Å². The lowest BCUT2D eigenvalue weighted by molar-refractivity contribution is -0.153. The molecule has 0 aliphatic heterocycles. The Hall–Kier alpha value is -1.06. The van der Waals surface area contributed by atoms with Crippen LogP contribution in [0, 0.1) is 11.3 Å². The SMILES string of the molecule is CCC(CC)C(C)NC(=O)CC1(C(=O)O)CCCCCC1. The number of carbonyl (C=O) groups excluding carboxylic acids is 1. The highest BCUT2D eigenvalue weighted by Crippen LogP contribution is 2.38. The molecule has 0 aromatic rings. The molecule has 4 nitrogen and oxygen atoms in total. The summed E-state index contributed by atoms with van der Waals surface area (Å²) in [6.07, 6.45) is 7.46. The maximum Gasteiger partial charge on any atom is 0.310 e. The van der Waals surface area contributed by atoms with Crippen molar-refractivity contribution in [2.45, 2.75) is 84.6 Å². The Kier molecular flexibility index (Phi) is 7.20. The molecule has 1 rings (SSSR count). The molecule has 1 aliphatic carbocycles. The molecule has 1 unspecified atom stereocenters. The molecule has 1 saturated carbocycles. The first kappa shape index (κ1) is 18.0. The number of amides is 1. The average molecular weight is 297 g/mol. The largest absolute Gasteiger partial charge is 0.481 e. The van der Waals surface area contributed by atoms with Crippen molar-refractivity contribution in [1.29, 1.82) is 0 Å². The van der Waals surface area contributed by atoms with E-state index in [2.05, 4.69) is 19.2 Å². The monoisotopic (exact) mass is 297 g/mol. The highest BCUT2D eigenvalue weighted by atomic mass is 16.4. The van der Waals surface area contributed by atoms with Crippen molar-refractivity contribution in [2.75, 3.05) is 0 Å². The maximum atomic E-state index is 12.3. The lowest BCUT2D eigenvalue weighted by atomic mass is 9.77. The van der Waals surface area contributed by atoms with Crippen molar-refractivity contribution in [3.63, 3.8) is 0 Å². The van der Waals surface area contributed by atoms with Crippen LogP contribution in [0.1, 0.15) is 78.6 Å². The standard InChI is InChI=1S/C17H31NO3/c1-4-14(5-2)13(3)18-15(19)12-17(16(20)21)10-8-6-7-9-11-17/h13-14H,4-12H2,1-3H3,(H,18,19)(H,20,21). The third-order valence-electron chi connectivity index (χ3n) is 5.16. The summed E-state index contributed by atoms with van der Waals surface area (Å²) in [5.41, 5.74) is -0.839. The third-order valence-corrected chi connectivity index (χ3v) is 5.16. The molecule has 0 aromatic heterocycles. The Morgan fingerprint density at radius 2 is 1.62 bits per heavy atom. The van der Waals surface area contributed by atoms with Crippen LogP contribution >= 0.6 is 0 Å². The first-order valence-corrected chi connectivity index (χ1v) is 8.48. The Bertz CT molecular complexity index is 342. The number of carboxylic acid groups (broad SMARTS) is 1. The number of hydrogen-bond acceptors (Lipinski definition) is 2. The van der Waals surface area contributed by atoms with E-state index < -0.39 is 11.4 Å². The summed E-state index contributed by atoms with van der Waals surface area (Å²) in [6.45, 7) is 6.28. The number of nitrogens with one attached hydrogen (secondary N) is 1. The number of rotatable bonds is 7. The van der Waals surface area contributed by atoms with Gasteiger partial charge in [-0.05, 0) is 25.7 Å². The predicted octanol–water partition coefficient (Wildman–Crippen LogP) is 3.74. The smallest absolute Gasteiger partial charge is 0.310 e. The van der Waals surface area contributed by atoms with Crippen molar-refractivity contribution < 1.29 is 14.7 Å². The first-order chi connectivity index (χ1) is 9.95. The second-order valence-corrected chi connectivity index (χ2v) is 6.61. The van der Waals surface area contributed by atoms with Crippen molar-refractivity contribution in [1.82, 2.24) is 5.32 Å². The lowest BCUT2D eigenvalue weighted by Gasteiger charge is -2.29. The van der Waals surface area contributed by atoms with Crippen LogP contribution in [-0.2, 0) is 9.59 Å². The zero-order chi connectivity index (χ0) is 15.9. The quantitative estimate of drug-likeness (QED) is 0.703. The number of hydrogen-bond donors (Lipinski definition) is 2. The maximum absolute atomic E-state index is 12.3. The van der Waals surface area contributed by atoms with E-state index in [-0.39, 0.29) is 18.4 Å². The van der Waals surface area contributed by atoms with Gasteiger partial charge in [0.2, 0.25) is 5.91 Å². The number of aliphatic carboxylic acids is 1. The zero-order valence-electron chi connectivity index (χ0n) is 13.8. The molecule has 1 fully saturated rings. The molecule has 1 aliphatic rings. The van der Waals surface area contributed by atoms with E-state index >= 15 is 0 Å². The summed E-state index contributed by atoms with van der Waals surface area (Å²) in [4.78, 5) is 24.0. The van der Waals surface area contributed by atoms with Crippen LogP contribution in [0.25, 0.3) is 0 Å². The zero-order valence-corrected chi connectivity index (χ0v) is 13.8. The Morgan fingerprint density at radius 1 is 1.10 bits per heavy atom. The first-order valence-electron chi connectivity index (χ1n) is 8.48. The fourth-order valence-corrected chi connectivity index (χ4v) is 3.60. The van der Waals surface area contributed by atoms with E-state index in [1.807, 2.05) is 6.92 Å². The molecule has 1 atom stereocenters. The van der Waals surface area contributed by atoms with E-state index in [4.69, 9.17) is 0 Å². The second-order valence-electron chi connectivity index (χ2n) is 6.61. The molecule has 0 bridgehead atoms. The molecule has 0 aromatic carbocycles. The highest BCUT2D eigenvalue weighted by molar-refractivity contribution is 5.85. The van der Waals surface area contributed by atoms with Crippen LogP contribution in [-0.4, -0.2) is 23.0 Å².